The van der Waals surface area contributed by atoms with Gasteiger partial charge in [0, 0.05) is 32.0 Å². The van der Waals surface area contributed by atoms with Gasteiger partial charge in [-0.2, -0.15) is 0 Å². The van der Waals surface area contributed by atoms with Crippen LogP contribution < -0.4 is 0 Å². The lowest BCUT2D eigenvalue weighted by molar-refractivity contribution is -0.131. The largest absolute Gasteiger partial charge is 0.359 e. The molecule has 1 rings (SSSR count). The molecular weight excluding hydrogens is 214 g/mol. The van der Waals surface area contributed by atoms with Gasteiger partial charge in [-0.25, -0.2) is 0 Å². The molecule has 1 aliphatic heterocycles. The SMILES string of the molecule is CCCCN1C=CN(CC(=O)N(CC)CC)C1. The van der Waals surface area contributed by atoms with Gasteiger partial charge in [-0.05, 0) is 20.3 Å². The van der Waals surface area contributed by atoms with Gasteiger partial charge in [0.25, 0.3) is 0 Å². The van der Waals surface area contributed by atoms with Crippen molar-refractivity contribution in [3.8, 4) is 0 Å². The van der Waals surface area contributed by atoms with Gasteiger partial charge in [0.1, 0.15) is 0 Å². The van der Waals surface area contributed by atoms with Crippen molar-refractivity contribution in [2.75, 3.05) is 32.8 Å². The maximum atomic E-state index is 11.9. The molecule has 0 aromatic heterocycles. The first-order valence-corrected chi connectivity index (χ1v) is 6.65. The fourth-order valence-corrected chi connectivity index (χ4v) is 1.98. The summed E-state index contributed by atoms with van der Waals surface area (Å²) in [5, 5.41) is 0. The molecule has 0 N–H and O–H groups in total. The summed E-state index contributed by atoms with van der Waals surface area (Å²) in [4.78, 5) is 18.1. The molecule has 4 heteroatoms. The molecule has 0 fully saturated rings. The summed E-state index contributed by atoms with van der Waals surface area (Å²) in [7, 11) is 0. The van der Waals surface area contributed by atoms with Crippen LogP contribution in [0.4, 0.5) is 0 Å². The van der Waals surface area contributed by atoms with Crippen molar-refractivity contribution in [1.29, 1.82) is 0 Å². The number of amides is 1. The molecule has 0 atom stereocenters. The lowest BCUT2D eigenvalue weighted by atomic mass is 10.3. The van der Waals surface area contributed by atoms with E-state index in [2.05, 4.69) is 22.9 Å². The van der Waals surface area contributed by atoms with Crippen molar-refractivity contribution in [3.05, 3.63) is 12.4 Å². The van der Waals surface area contributed by atoms with Crippen molar-refractivity contribution >= 4 is 5.91 Å². The van der Waals surface area contributed by atoms with Gasteiger partial charge in [0.05, 0.1) is 13.2 Å². The van der Waals surface area contributed by atoms with E-state index in [0.717, 1.165) is 26.3 Å². The Morgan fingerprint density at radius 2 is 1.82 bits per heavy atom. The highest BCUT2D eigenvalue weighted by Crippen LogP contribution is 2.08. The highest BCUT2D eigenvalue weighted by Gasteiger charge is 2.17. The molecule has 0 aromatic carbocycles. The van der Waals surface area contributed by atoms with Crippen LogP contribution in [0.25, 0.3) is 0 Å². The van der Waals surface area contributed by atoms with E-state index in [0.29, 0.717) is 6.54 Å². The van der Waals surface area contributed by atoms with Gasteiger partial charge >= 0.3 is 0 Å². The van der Waals surface area contributed by atoms with Gasteiger partial charge in [-0.3, -0.25) is 4.79 Å². The minimum Gasteiger partial charge on any atom is -0.359 e. The molecule has 1 amide bonds. The Morgan fingerprint density at radius 3 is 2.41 bits per heavy atom. The van der Waals surface area contributed by atoms with Crippen LogP contribution in [0.3, 0.4) is 0 Å². The number of unbranched alkanes of at least 4 members (excludes halogenated alkanes) is 1. The van der Waals surface area contributed by atoms with Gasteiger partial charge in [-0.15, -0.1) is 0 Å². The van der Waals surface area contributed by atoms with Crippen LogP contribution in [0.5, 0.6) is 0 Å². The maximum absolute atomic E-state index is 11.9. The van der Waals surface area contributed by atoms with Crippen LogP contribution in [-0.4, -0.2) is 53.5 Å². The Morgan fingerprint density at radius 1 is 1.18 bits per heavy atom. The molecule has 1 heterocycles. The summed E-state index contributed by atoms with van der Waals surface area (Å²) in [5.41, 5.74) is 0. The summed E-state index contributed by atoms with van der Waals surface area (Å²) in [6.07, 6.45) is 6.53. The third-order valence-electron chi connectivity index (χ3n) is 3.10. The molecule has 0 saturated heterocycles. The van der Waals surface area contributed by atoms with Crippen LogP contribution in [0.2, 0.25) is 0 Å². The maximum Gasteiger partial charge on any atom is 0.242 e. The van der Waals surface area contributed by atoms with Gasteiger partial charge in [0.15, 0.2) is 0 Å². The molecular formula is C13H25N3O. The number of likely N-dealkylation sites (N-methyl/N-ethyl adjacent to an activating group) is 1. The van der Waals surface area contributed by atoms with E-state index in [1.165, 1.54) is 12.8 Å². The molecule has 0 unspecified atom stereocenters. The van der Waals surface area contributed by atoms with Crippen LogP contribution in [0.15, 0.2) is 12.4 Å². The number of nitrogens with zero attached hydrogens (tertiary/aromatic N) is 3. The predicted octanol–water partition coefficient (Wildman–Crippen LogP) is 1.70. The van der Waals surface area contributed by atoms with Crippen molar-refractivity contribution in [1.82, 2.24) is 14.7 Å². The van der Waals surface area contributed by atoms with E-state index >= 15 is 0 Å². The number of carbonyl (C=O) groups excluding carboxylic acids is 1. The lowest BCUT2D eigenvalue weighted by Gasteiger charge is -2.24. The van der Waals surface area contributed by atoms with Crippen LogP contribution >= 0.6 is 0 Å². The Kier molecular flexibility index (Phi) is 5.87. The lowest BCUT2D eigenvalue weighted by Crippen LogP contribution is -2.39. The van der Waals surface area contributed by atoms with Crippen LogP contribution in [0, 0.1) is 0 Å². The highest BCUT2D eigenvalue weighted by molar-refractivity contribution is 5.78. The molecule has 98 valence electrons. The first-order chi connectivity index (χ1) is 8.21. The molecule has 0 aliphatic carbocycles. The molecule has 0 bridgehead atoms. The number of hydrogen-bond acceptors (Lipinski definition) is 3. The van der Waals surface area contributed by atoms with E-state index in [1.807, 2.05) is 24.9 Å². The smallest absolute Gasteiger partial charge is 0.242 e. The fraction of sp³-hybridized carbons (Fsp3) is 0.769. The second-order valence-corrected chi connectivity index (χ2v) is 4.42. The van der Waals surface area contributed by atoms with E-state index in [1.54, 1.807) is 0 Å². The summed E-state index contributed by atoms with van der Waals surface area (Å²) in [6.45, 7) is 10.3. The van der Waals surface area contributed by atoms with Crippen molar-refractivity contribution in [2.24, 2.45) is 0 Å². The van der Waals surface area contributed by atoms with Gasteiger partial charge < -0.3 is 14.7 Å². The van der Waals surface area contributed by atoms with Crippen molar-refractivity contribution < 1.29 is 4.79 Å². The topological polar surface area (TPSA) is 26.8 Å². The Hall–Kier alpha value is -1.19. The molecule has 1 aliphatic rings. The number of rotatable bonds is 7. The molecule has 4 nitrogen and oxygen atoms in total. The first kappa shape index (κ1) is 13.9. The van der Waals surface area contributed by atoms with Gasteiger partial charge in [-0.1, -0.05) is 13.3 Å². The van der Waals surface area contributed by atoms with E-state index in [-0.39, 0.29) is 5.91 Å². The Bertz CT molecular complexity index is 261. The van der Waals surface area contributed by atoms with Crippen molar-refractivity contribution in [3.63, 3.8) is 0 Å². The zero-order valence-electron chi connectivity index (χ0n) is 11.4. The third kappa shape index (κ3) is 4.29. The minimum absolute atomic E-state index is 0.219. The zero-order valence-corrected chi connectivity index (χ0v) is 11.4. The second kappa shape index (κ2) is 7.20. The van der Waals surface area contributed by atoms with Crippen molar-refractivity contribution in [2.45, 2.75) is 33.6 Å². The van der Waals surface area contributed by atoms with Crippen LogP contribution in [0.1, 0.15) is 33.6 Å². The Balaban J connectivity index is 2.30. The predicted molar refractivity (Wildman–Crippen MR) is 70.3 cm³/mol. The summed E-state index contributed by atoms with van der Waals surface area (Å²) >= 11 is 0. The summed E-state index contributed by atoms with van der Waals surface area (Å²) in [6, 6.07) is 0. The monoisotopic (exact) mass is 239 g/mol. The minimum atomic E-state index is 0.219. The third-order valence-corrected chi connectivity index (χ3v) is 3.10. The molecule has 17 heavy (non-hydrogen) atoms. The Labute approximate surface area is 105 Å². The number of hydrogen-bond donors (Lipinski definition) is 0. The summed E-state index contributed by atoms with van der Waals surface area (Å²) in [5.74, 6) is 0.219. The van der Waals surface area contributed by atoms with Gasteiger partial charge in [0.2, 0.25) is 5.91 Å². The number of carbonyl (C=O) groups is 1. The van der Waals surface area contributed by atoms with E-state index < -0.39 is 0 Å². The summed E-state index contributed by atoms with van der Waals surface area (Å²) < 4.78 is 0. The molecule has 0 aromatic rings. The van der Waals surface area contributed by atoms with Crippen LogP contribution in [-0.2, 0) is 4.79 Å². The normalized spacial score (nSPS) is 14.5. The van der Waals surface area contributed by atoms with E-state index in [9.17, 15) is 4.79 Å². The quantitative estimate of drug-likeness (QED) is 0.676. The highest BCUT2D eigenvalue weighted by atomic mass is 16.2. The van der Waals surface area contributed by atoms with E-state index in [4.69, 9.17) is 0 Å². The standard InChI is InChI=1S/C13H25N3O/c1-4-7-8-14-9-10-15(12-14)11-13(17)16(5-2)6-3/h9-10H,4-8,11-12H2,1-3H3. The average molecular weight is 239 g/mol. The second-order valence-electron chi connectivity index (χ2n) is 4.42. The molecule has 0 radical (unpaired) electrons. The zero-order chi connectivity index (χ0) is 12.7. The fourth-order valence-electron chi connectivity index (χ4n) is 1.98. The molecule has 0 saturated carbocycles. The first-order valence-electron chi connectivity index (χ1n) is 6.65. The molecule has 0 spiro atoms. The average Bonchev–Trinajstić information content (AvgIpc) is 2.75.